The summed E-state index contributed by atoms with van der Waals surface area (Å²) in [6.07, 6.45) is 0. The first-order chi connectivity index (χ1) is 10.2. The summed E-state index contributed by atoms with van der Waals surface area (Å²) >= 11 is 7.77. The van der Waals surface area contributed by atoms with Crippen molar-refractivity contribution in [2.75, 3.05) is 12.4 Å². The molecule has 2 aromatic heterocycles. The Hall–Kier alpha value is -1.85. The molecule has 0 radical (unpaired) electrons. The molecule has 21 heavy (non-hydrogen) atoms. The fourth-order valence-electron chi connectivity index (χ4n) is 2.00. The smallest absolute Gasteiger partial charge is 0.227 e. The van der Waals surface area contributed by atoms with Gasteiger partial charge in [0.05, 0.1) is 5.39 Å². The van der Waals surface area contributed by atoms with Crippen LogP contribution in [0.25, 0.3) is 10.2 Å². The minimum Gasteiger partial charge on any atom is -0.472 e. The minimum atomic E-state index is 0.379. The molecule has 0 aliphatic heterocycles. The second kappa shape index (κ2) is 5.87. The number of aryl methyl sites for hydroxylation is 1. The predicted octanol–water partition coefficient (Wildman–Crippen LogP) is 4.27. The van der Waals surface area contributed by atoms with Crippen molar-refractivity contribution in [2.24, 2.45) is 0 Å². The zero-order valence-corrected chi connectivity index (χ0v) is 13.3. The van der Waals surface area contributed by atoms with Gasteiger partial charge in [-0.15, -0.1) is 11.3 Å². The molecule has 0 spiro atoms. The molecule has 108 valence electrons. The number of fused-ring (bicyclic) bond motifs is 1. The topological polar surface area (TPSA) is 47.0 Å². The second-order valence-electron chi connectivity index (χ2n) is 4.56. The summed E-state index contributed by atoms with van der Waals surface area (Å²) < 4.78 is 5.87. The fraction of sp³-hybridized carbons (Fsp3) is 0.200. The number of ether oxygens (including phenoxy) is 1. The van der Waals surface area contributed by atoms with Gasteiger partial charge >= 0.3 is 0 Å². The van der Waals surface area contributed by atoms with Crippen molar-refractivity contribution >= 4 is 39.1 Å². The third-order valence-electron chi connectivity index (χ3n) is 3.03. The van der Waals surface area contributed by atoms with E-state index in [1.54, 1.807) is 18.4 Å². The summed E-state index contributed by atoms with van der Waals surface area (Å²) in [6, 6.07) is 9.67. The van der Waals surface area contributed by atoms with Gasteiger partial charge in [0.15, 0.2) is 0 Å². The largest absolute Gasteiger partial charge is 0.472 e. The van der Waals surface area contributed by atoms with E-state index in [-0.39, 0.29) is 0 Å². The monoisotopic (exact) mass is 319 g/mol. The number of aromatic nitrogens is 2. The molecule has 0 unspecified atom stereocenters. The van der Waals surface area contributed by atoms with Crippen LogP contribution in [0.4, 0.5) is 5.95 Å². The molecule has 0 aliphatic carbocycles. The highest BCUT2D eigenvalue weighted by Gasteiger charge is 2.12. The summed E-state index contributed by atoms with van der Waals surface area (Å²) in [6.45, 7) is 2.42. The van der Waals surface area contributed by atoms with E-state index >= 15 is 0 Å². The lowest BCUT2D eigenvalue weighted by molar-refractivity contribution is 0.298. The molecule has 0 saturated heterocycles. The number of nitrogens with one attached hydrogen (secondary N) is 1. The molecule has 4 nitrogen and oxygen atoms in total. The zero-order valence-electron chi connectivity index (χ0n) is 11.7. The number of hydrogen-bond acceptors (Lipinski definition) is 5. The Morgan fingerprint density at radius 2 is 2.10 bits per heavy atom. The first kappa shape index (κ1) is 14.1. The van der Waals surface area contributed by atoms with Crippen LogP contribution < -0.4 is 10.1 Å². The number of rotatable bonds is 4. The van der Waals surface area contributed by atoms with Crippen LogP contribution in [-0.4, -0.2) is 17.0 Å². The summed E-state index contributed by atoms with van der Waals surface area (Å²) in [7, 11) is 1.79. The SMILES string of the molecule is CNc1nc(OCc2ccccc2Cl)c2cc(C)sc2n1. The van der Waals surface area contributed by atoms with Gasteiger partial charge in [0, 0.05) is 22.5 Å². The summed E-state index contributed by atoms with van der Waals surface area (Å²) in [5.74, 6) is 1.13. The van der Waals surface area contributed by atoms with E-state index in [2.05, 4.69) is 15.3 Å². The molecule has 3 rings (SSSR count). The molecule has 0 bridgehead atoms. The van der Waals surface area contributed by atoms with Gasteiger partial charge in [0.25, 0.3) is 0 Å². The molecule has 0 saturated carbocycles. The lowest BCUT2D eigenvalue weighted by Gasteiger charge is -2.09. The molecule has 2 heterocycles. The van der Waals surface area contributed by atoms with Crippen molar-refractivity contribution < 1.29 is 4.74 Å². The molecule has 1 aromatic carbocycles. The first-order valence-corrected chi connectivity index (χ1v) is 7.69. The van der Waals surface area contributed by atoms with Gasteiger partial charge in [0.1, 0.15) is 11.4 Å². The highest BCUT2D eigenvalue weighted by molar-refractivity contribution is 7.18. The van der Waals surface area contributed by atoms with Crippen molar-refractivity contribution in [1.82, 2.24) is 9.97 Å². The van der Waals surface area contributed by atoms with Crippen molar-refractivity contribution in [3.63, 3.8) is 0 Å². The van der Waals surface area contributed by atoms with Crippen LogP contribution in [0.2, 0.25) is 5.02 Å². The number of halogens is 1. The number of thiophene rings is 1. The van der Waals surface area contributed by atoms with Gasteiger partial charge in [-0.25, -0.2) is 4.98 Å². The Kier molecular flexibility index (Phi) is 3.94. The maximum atomic E-state index is 6.15. The van der Waals surface area contributed by atoms with E-state index in [9.17, 15) is 0 Å². The predicted molar refractivity (Wildman–Crippen MR) is 87.5 cm³/mol. The Morgan fingerprint density at radius 1 is 1.29 bits per heavy atom. The van der Waals surface area contributed by atoms with E-state index < -0.39 is 0 Å². The second-order valence-corrected chi connectivity index (χ2v) is 6.20. The van der Waals surface area contributed by atoms with Crippen LogP contribution in [-0.2, 0) is 6.61 Å². The average Bonchev–Trinajstić information content (AvgIpc) is 2.86. The van der Waals surface area contributed by atoms with Gasteiger partial charge in [-0.05, 0) is 19.1 Å². The number of hydrogen-bond donors (Lipinski definition) is 1. The average molecular weight is 320 g/mol. The van der Waals surface area contributed by atoms with Crippen molar-refractivity contribution in [3.05, 3.63) is 45.8 Å². The Labute approximate surface area is 131 Å². The van der Waals surface area contributed by atoms with E-state index in [0.717, 1.165) is 15.8 Å². The van der Waals surface area contributed by atoms with Crippen LogP contribution in [0.15, 0.2) is 30.3 Å². The van der Waals surface area contributed by atoms with Crippen LogP contribution in [0.1, 0.15) is 10.4 Å². The maximum Gasteiger partial charge on any atom is 0.227 e. The zero-order chi connectivity index (χ0) is 14.8. The third-order valence-corrected chi connectivity index (χ3v) is 4.34. The van der Waals surface area contributed by atoms with Gasteiger partial charge < -0.3 is 10.1 Å². The fourth-order valence-corrected chi connectivity index (χ4v) is 3.06. The van der Waals surface area contributed by atoms with Crippen molar-refractivity contribution in [1.29, 1.82) is 0 Å². The van der Waals surface area contributed by atoms with Crippen LogP contribution >= 0.6 is 22.9 Å². The lowest BCUT2D eigenvalue weighted by Crippen LogP contribution is -2.02. The Morgan fingerprint density at radius 3 is 2.86 bits per heavy atom. The molecule has 0 atom stereocenters. The highest BCUT2D eigenvalue weighted by atomic mass is 35.5. The standard InChI is InChI=1S/C15H14ClN3OS/c1-9-7-11-13(18-15(17-2)19-14(11)21-9)20-8-10-5-3-4-6-12(10)16/h3-7H,8H2,1-2H3,(H,17,18,19). The van der Waals surface area contributed by atoms with E-state index in [1.807, 2.05) is 37.3 Å². The Balaban J connectivity index is 1.94. The summed E-state index contributed by atoms with van der Waals surface area (Å²) in [5.41, 5.74) is 0.934. The van der Waals surface area contributed by atoms with Gasteiger partial charge in [-0.3, -0.25) is 0 Å². The number of nitrogens with zero attached hydrogens (tertiary/aromatic N) is 2. The Bertz CT molecular complexity index is 788. The minimum absolute atomic E-state index is 0.379. The van der Waals surface area contributed by atoms with E-state index in [0.29, 0.717) is 23.5 Å². The highest BCUT2D eigenvalue weighted by Crippen LogP contribution is 2.31. The van der Waals surface area contributed by atoms with Crippen LogP contribution in [0, 0.1) is 6.92 Å². The van der Waals surface area contributed by atoms with Crippen molar-refractivity contribution in [2.45, 2.75) is 13.5 Å². The van der Waals surface area contributed by atoms with Crippen molar-refractivity contribution in [3.8, 4) is 5.88 Å². The normalized spacial score (nSPS) is 10.8. The molecule has 0 aliphatic rings. The van der Waals surface area contributed by atoms with E-state index in [4.69, 9.17) is 16.3 Å². The summed E-state index contributed by atoms with van der Waals surface area (Å²) in [5, 5.41) is 4.58. The first-order valence-electron chi connectivity index (χ1n) is 6.49. The van der Waals surface area contributed by atoms with Gasteiger partial charge in [0.2, 0.25) is 11.8 Å². The number of benzene rings is 1. The molecule has 3 aromatic rings. The van der Waals surface area contributed by atoms with Gasteiger partial charge in [-0.1, -0.05) is 29.8 Å². The molecule has 6 heteroatoms. The van der Waals surface area contributed by atoms with Crippen LogP contribution in [0.3, 0.4) is 0 Å². The molecule has 1 N–H and O–H groups in total. The lowest BCUT2D eigenvalue weighted by atomic mass is 10.2. The maximum absolute atomic E-state index is 6.15. The number of anilines is 1. The molecule has 0 amide bonds. The molecule has 0 fully saturated rings. The van der Waals surface area contributed by atoms with E-state index in [1.165, 1.54) is 4.88 Å². The summed E-state index contributed by atoms with van der Waals surface area (Å²) in [4.78, 5) is 10.9. The quantitative estimate of drug-likeness (QED) is 0.780. The molecular formula is C15H14ClN3OS. The molecular weight excluding hydrogens is 306 g/mol. The van der Waals surface area contributed by atoms with Gasteiger partial charge in [-0.2, -0.15) is 4.98 Å². The van der Waals surface area contributed by atoms with Crippen LogP contribution in [0.5, 0.6) is 5.88 Å². The third kappa shape index (κ3) is 2.94.